The lowest BCUT2D eigenvalue weighted by molar-refractivity contribution is 0.205. The van der Waals surface area contributed by atoms with Crippen LogP contribution in [0.15, 0.2) is 0 Å². The van der Waals surface area contributed by atoms with Gasteiger partial charge in [-0.25, -0.2) is 0 Å². The van der Waals surface area contributed by atoms with E-state index >= 15 is 0 Å². The summed E-state index contributed by atoms with van der Waals surface area (Å²) in [6.07, 6.45) is 8.59. The fourth-order valence-electron chi connectivity index (χ4n) is 1.37. The van der Waals surface area contributed by atoms with Crippen molar-refractivity contribution in [2.45, 2.75) is 71.8 Å². The van der Waals surface area contributed by atoms with Crippen LogP contribution >= 0.6 is 0 Å². The largest absolute Gasteiger partial charge is 0.304 e. The van der Waals surface area contributed by atoms with Crippen LogP contribution in [0, 0.1) is 0 Å². The Bertz CT molecular complexity index is 172. The highest BCUT2D eigenvalue weighted by molar-refractivity contribution is 7.75. The Kier molecular flexibility index (Phi) is 11.6. The molecule has 1 atom stereocenters. The van der Waals surface area contributed by atoms with Gasteiger partial charge in [-0.05, 0) is 20.3 Å². The summed E-state index contributed by atoms with van der Waals surface area (Å²) in [6.45, 7) is 6.44. The Morgan fingerprint density at radius 3 is 2.12 bits per heavy atom. The highest BCUT2D eigenvalue weighted by Crippen LogP contribution is 2.07. The Balaban J connectivity index is 3.11. The molecular weight excluding hydrogens is 224 g/mol. The molecule has 1 unspecified atom stereocenters. The minimum atomic E-state index is -1.56. The lowest BCUT2D eigenvalue weighted by Gasteiger charge is -2.06. The van der Waals surface area contributed by atoms with Crippen molar-refractivity contribution in [1.29, 1.82) is 0 Å². The molecule has 0 aromatic carbocycles. The molecule has 0 heterocycles. The molecule has 0 aliphatic carbocycles. The number of hydrogen-bond acceptors (Lipinski definition) is 3. The fourth-order valence-corrected chi connectivity index (χ4v) is 1.99. The first-order valence-corrected chi connectivity index (χ1v) is 7.39. The summed E-state index contributed by atoms with van der Waals surface area (Å²) in [5, 5.41) is 0. The molecule has 0 amide bonds. The Morgan fingerprint density at radius 1 is 1.00 bits per heavy atom. The summed E-state index contributed by atoms with van der Waals surface area (Å²) >= 11 is -1.56. The average molecular weight is 250 g/mol. The molecule has 0 aromatic rings. The van der Waals surface area contributed by atoms with Crippen molar-refractivity contribution in [3.63, 3.8) is 0 Å². The summed E-state index contributed by atoms with van der Waals surface area (Å²) in [7, 11) is 0. The van der Waals surface area contributed by atoms with Gasteiger partial charge < -0.3 is 0 Å². The monoisotopic (exact) mass is 250 g/mol. The first kappa shape index (κ1) is 16.1. The highest BCUT2D eigenvalue weighted by atomic mass is 32.2. The quantitative estimate of drug-likeness (QED) is 0.524. The molecule has 0 spiro atoms. The van der Waals surface area contributed by atoms with E-state index in [0.29, 0.717) is 6.61 Å². The molecule has 0 aliphatic rings. The van der Waals surface area contributed by atoms with Crippen LogP contribution in [0.1, 0.15) is 65.7 Å². The van der Waals surface area contributed by atoms with Crippen LogP contribution in [-0.4, -0.2) is 16.9 Å². The maximum absolute atomic E-state index is 11.1. The van der Waals surface area contributed by atoms with Crippen molar-refractivity contribution in [2.24, 2.45) is 0 Å². The molecule has 0 radical (unpaired) electrons. The van der Waals surface area contributed by atoms with E-state index in [0.717, 1.165) is 12.8 Å². The minimum absolute atomic E-state index is 0.0464. The topological polar surface area (TPSA) is 35.5 Å². The van der Waals surface area contributed by atoms with Gasteiger partial charge in [0.15, 0.2) is 0 Å². The maximum Gasteiger partial charge on any atom is 0.304 e. The average Bonchev–Trinajstić information content (AvgIpc) is 2.21. The van der Waals surface area contributed by atoms with Gasteiger partial charge in [-0.3, -0.25) is 8.37 Å². The van der Waals surface area contributed by atoms with Crippen molar-refractivity contribution in [3.8, 4) is 0 Å². The number of unbranched alkanes of at least 4 members (excludes halogenated alkanes) is 6. The van der Waals surface area contributed by atoms with Gasteiger partial charge >= 0.3 is 11.4 Å². The lowest BCUT2D eigenvalue weighted by Crippen LogP contribution is -2.09. The summed E-state index contributed by atoms with van der Waals surface area (Å²) < 4.78 is 21.1. The molecule has 4 heteroatoms. The predicted octanol–water partition coefficient (Wildman–Crippen LogP) is 3.76. The first-order chi connectivity index (χ1) is 7.66. The van der Waals surface area contributed by atoms with E-state index in [1.807, 2.05) is 13.8 Å². The third kappa shape index (κ3) is 12.1. The summed E-state index contributed by atoms with van der Waals surface area (Å²) in [6, 6.07) is 0. The van der Waals surface area contributed by atoms with Gasteiger partial charge in [0.05, 0.1) is 12.7 Å². The molecule has 0 aliphatic heterocycles. The molecule has 3 nitrogen and oxygen atoms in total. The van der Waals surface area contributed by atoms with Crippen LogP contribution < -0.4 is 0 Å². The van der Waals surface area contributed by atoms with Crippen molar-refractivity contribution in [1.82, 2.24) is 0 Å². The van der Waals surface area contributed by atoms with E-state index in [-0.39, 0.29) is 6.10 Å². The van der Waals surface area contributed by atoms with Crippen LogP contribution in [0.2, 0.25) is 0 Å². The smallest absolute Gasteiger partial charge is 0.268 e. The van der Waals surface area contributed by atoms with E-state index in [2.05, 4.69) is 6.92 Å². The van der Waals surface area contributed by atoms with E-state index in [4.69, 9.17) is 8.37 Å². The Labute approximate surface area is 103 Å². The van der Waals surface area contributed by atoms with Gasteiger partial charge in [0, 0.05) is 0 Å². The zero-order valence-corrected chi connectivity index (χ0v) is 11.7. The van der Waals surface area contributed by atoms with Crippen molar-refractivity contribution in [2.75, 3.05) is 6.61 Å². The SMILES string of the molecule is CCCCCCCCCOS(=O)OC(C)C. The van der Waals surface area contributed by atoms with E-state index in [1.54, 1.807) is 0 Å². The predicted molar refractivity (Wildman–Crippen MR) is 68.3 cm³/mol. The maximum atomic E-state index is 11.1. The van der Waals surface area contributed by atoms with Crippen molar-refractivity contribution >= 4 is 11.4 Å². The second-order valence-corrected chi connectivity index (χ2v) is 5.13. The van der Waals surface area contributed by atoms with E-state index in [1.165, 1.54) is 32.1 Å². The number of hydrogen-bond donors (Lipinski definition) is 0. The van der Waals surface area contributed by atoms with Crippen LogP contribution in [0.3, 0.4) is 0 Å². The second kappa shape index (κ2) is 11.6. The summed E-state index contributed by atoms with van der Waals surface area (Å²) in [4.78, 5) is 0. The third-order valence-corrected chi connectivity index (χ3v) is 3.10. The van der Waals surface area contributed by atoms with Gasteiger partial charge in [-0.2, -0.15) is 4.21 Å². The van der Waals surface area contributed by atoms with Gasteiger partial charge in [0.25, 0.3) is 0 Å². The number of rotatable bonds is 11. The van der Waals surface area contributed by atoms with Gasteiger partial charge in [-0.1, -0.05) is 45.4 Å². The molecule has 0 bridgehead atoms. The second-order valence-electron chi connectivity index (χ2n) is 4.29. The van der Waals surface area contributed by atoms with Crippen molar-refractivity contribution in [3.05, 3.63) is 0 Å². The van der Waals surface area contributed by atoms with Crippen LogP contribution in [0.25, 0.3) is 0 Å². The van der Waals surface area contributed by atoms with E-state index < -0.39 is 11.4 Å². The summed E-state index contributed by atoms with van der Waals surface area (Å²) in [5.74, 6) is 0. The molecule has 0 rings (SSSR count). The molecule has 98 valence electrons. The lowest BCUT2D eigenvalue weighted by atomic mass is 10.1. The summed E-state index contributed by atoms with van der Waals surface area (Å²) in [5.41, 5.74) is 0. The molecule has 0 aromatic heterocycles. The van der Waals surface area contributed by atoms with Crippen LogP contribution in [-0.2, 0) is 19.7 Å². The molecule has 0 saturated carbocycles. The van der Waals surface area contributed by atoms with Crippen LogP contribution in [0.4, 0.5) is 0 Å². The van der Waals surface area contributed by atoms with Crippen LogP contribution in [0.5, 0.6) is 0 Å². The van der Waals surface area contributed by atoms with Gasteiger partial charge in [0.1, 0.15) is 0 Å². The molecule has 0 fully saturated rings. The van der Waals surface area contributed by atoms with Crippen molar-refractivity contribution < 1.29 is 12.6 Å². The molecule has 0 saturated heterocycles. The van der Waals surface area contributed by atoms with Gasteiger partial charge in [-0.15, -0.1) is 0 Å². The third-order valence-electron chi connectivity index (χ3n) is 2.20. The zero-order chi connectivity index (χ0) is 12.2. The minimum Gasteiger partial charge on any atom is -0.268 e. The molecule has 16 heavy (non-hydrogen) atoms. The molecular formula is C12H26O3S. The van der Waals surface area contributed by atoms with Gasteiger partial charge in [0.2, 0.25) is 0 Å². The zero-order valence-electron chi connectivity index (χ0n) is 10.9. The Hall–Kier alpha value is 0.0700. The fraction of sp³-hybridized carbons (Fsp3) is 1.00. The first-order valence-electron chi connectivity index (χ1n) is 6.39. The highest BCUT2D eigenvalue weighted by Gasteiger charge is 2.03. The normalized spacial score (nSPS) is 13.2. The van der Waals surface area contributed by atoms with E-state index in [9.17, 15) is 4.21 Å². The molecule has 0 N–H and O–H groups in total. The Morgan fingerprint density at radius 2 is 1.56 bits per heavy atom. The standard InChI is InChI=1S/C12H26O3S/c1-4-5-6-7-8-9-10-11-14-16(13)15-12(2)3/h12H,4-11H2,1-3H3.